The molecule has 1 atom stereocenters. The Morgan fingerprint density at radius 3 is 3.00 bits per heavy atom. The summed E-state index contributed by atoms with van der Waals surface area (Å²) in [5.74, 6) is 0.860. The molecule has 1 unspecified atom stereocenters. The second-order valence-corrected chi connectivity index (χ2v) is 7.30. The molecule has 124 valence electrons. The zero-order valence-electron chi connectivity index (χ0n) is 13.4. The number of hydrogen-bond donors (Lipinski definition) is 2. The number of likely N-dealkylation sites (tertiary alicyclic amines) is 1. The molecule has 0 saturated carbocycles. The van der Waals surface area contributed by atoms with E-state index in [1.165, 1.54) is 6.42 Å². The summed E-state index contributed by atoms with van der Waals surface area (Å²) in [5.41, 5.74) is 0.724. The topological polar surface area (TPSA) is 74.2 Å². The molecule has 1 aliphatic rings. The number of hydrogen-bond acceptors (Lipinski definition) is 7. The van der Waals surface area contributed by atoms with Crippen LogP contribution < -0.4 is 5.32 Å². The molecule has 0 bridgehead atoms. The van der Waals surface area contributed by atoms with Crippen LogP contribution in [0.4, 0.5) is 5.95 Å². The van der Waals surface area contributed by atoms with E-state index in [1.54, 1.807) is 23.6 Å². The molecule has 3 aromatic rings. The fraction of sp³-hybridized carbons (Fsp3) is 0.353. The largest absolute Gasteiger partial charge is 0.507 e. The molecule has 1 fully saturated rings. The predicted molar refractivity (Wildman–Crippen MR) is 96.5 cm³/mol. The first kappa shape index (κ1) is 15.3. The number of phenols is 1. The number of phenolic OH excluding ortho intramolecular Hbond substituents is 1. The summed E-state index contributed by atoms with van der Waals surface area (Å²) < 4.78 is 1.03. The fourth-order valence-corrected chi connectivity index (χ4v) is 4.12. The highest BCUT2D eigenvalue weighted by molar-refractivity contribution is 7.22. The Balaban J connectivity index is 1.53. The number of anilines is 1. The average molecular weight is 341 g/mol. The highest BCUT2D eigenvalue weighted by Crippen LogP contribution is 2.36. The Morgan fingerprint density at radius 2 is 2.25 bits per heavy atom. The maximum absolute atomic E-state index is 9.92. The van der Waals surface area contributed by atoms with E-state index in [-0.39, 0.29) is 5.75 Å². The second-order valence-electron chi connectivity index (χ2n) is 6.21. The minimum atomic E-state index is 0.288. The van der Waals surface area contributed by atoms with Gasteiger partial charge in [-0.3, -0.25) is 0 Å². The SMILES string of the molecule is CN1CCCC(Nc2ncc(-c3cc4c(O)cccc4s3)nn2)C1. The van der Waals surface area contributed by atoms with Crippen molar-refractivity contribution < 1.29 is 5.11 Å². The maximum atomic E-state index is 9.92. The third-order valence-corrected chi connectivity index (χ3v) is 5.43. The van der Waals surface area contributed by atoms with E-state index in [4.69, 9.17) is 0 Å². The van der Waals surface area contributed by atoms with Crippen molar-refractivity contribution in [2.24, 2.45) is 0 Å². The molecule has 1 saturated heterocycles. The van der Waals surface area contributed by atoms with Gasteiger partial charge in [-0.15, -0.1) is 21.5 Å². The lowest BCUT2D eigenvalue weighted by molar-refractivity contribution is 0.260. The number of aromatic hydroxyl groups is 1. The van der Waals surface area contributed by atoms with Crippen LogP contribution in [0.3, 0.4) is 0 Å². The smallest absolute Gasteiger partial charge is 0.242 e. The number of aromatic nitrogens is 3. The van der Waals surface area contributed by atoms with Crippen molar-refractivity contribution in [1.29, 1.82) is 0 Å². The Bertz CT molecular complexity index is 848. The molecule has 7 heteroatoms. The van der Waals surface area contributed by atoms with Gasteiger partial charge in [-0.2, -0.15) is 0 Å². The van der Waals surface area contributed by atoms with Gasteiger partial charge in [0, 0.05) is 22.7 Å². The zero-order valence-corrected chi connectivity index (χ0v) is 14.3. The summed E-state index contributed by atoms with van der Waals surface area (Å²) in [7, 11) is 2.13. The molecule has 0 spiro atoms. The molecule has 2 N–H and O–H groups in total. The second kappa shape index (κ2) is 6.33. The lowest BCUT2D eigenvalue weighted by Crippen LogP contribution is -2.40. The molecule has 1 aromatic carbocycles. The van der Waals surface area contributed by atoms with Gasteiger partial charge in [0.1, 0.15) is 11.4 Å². The fourth-order valence-electron chi connectivity index (χ4n) is 3.09. The molecular weight excluding hydrogens is 322 g/mol. The molecule has 6 nitrogen and oxygen atoms in total. The third kappa shape index (κ3) is 3.05. The van der Waals surface area contributed by atoms with Crippen LogP contribution in [0.25, 0.3) is 20.7 Å². The van der Waals surface area contributed by atoms with Gasteiger partial charge in [-0.1, -0.05) is 6.07 Å². The first-order valence-electron chi connectivity index (χ1n) is 8.06. The van der Waals surface area contributed by atoms with Gasteiger partial charge in [0.2, 0.25) is 5.95 Å². The van der Waals surface area contributed by atoms with Gasteiger partial charge < -0.3 is 15.3 Å². The van der Waals surface area contributed by atoms with Gasteiger partial charge in [0.15, 0.2) is 0 Å². The van der Waals surface area contributed by atoms with Crippen molar-refractivity contribution in [3.8, 4) is 16.3 Å². The number of rotatable bonds is 3. The molecule has 0 radical (unpaired) electrons. The quantitative estimate of drug-likeness (QED) is 0.763. The number of benzene rings is 1. The van der Waals surface area contributed by atoms with Crippen LogP contribution in [0.2, 0.25) is 0 Å². The number of nitrogens with zero attached hydrogens (tertiary/aromatic N) is 4. The Hall–Kier alpha value is -2.25. The molecule has 2 aromatic heterocycles. The lowest BCUT2D eigenvalue weighted by atomic mass is 10.1. The molecule has 3 heterocycles. The van der Waals surface area contributed by atoms with E-state index >= 15 is 0 Å². The van der Waals surface area contributed by atoms with Gasteiger partial charge in [-0.05, 0) is 44.6 Å². The van der Waals surface area contributed by atoms with Crippen LogP contribution in [0, 0.1) is 0 Å². The van der Waals surface area contributed by atoms with Crippen LogP contribution >= 0.6 is 11.3 Å². The zero-order chi connectivity index (χ0) is 16.5. The van der Waals surface area contributed by atoms with Crippen LogP contribution in [0.15, 0.2) is 30.5 Å². The van der Waals surface area contributed by atoms with Crippen molar-refractivity contribution in [2.45, 2.75) is 18.9 Å². The highest BCUT2D eigenvalue weighted by atomic mass is 32.1. The van der Waals surface area contributed by atoms with Crippen molar-refractivity contribution in [3.05, 3.63) is 30.5 Å². The average Bonchev–Trinajstić information content (AvgIpc) is 3.01. The predicted octanol–water partition coefficient (Wildman–Crippen LogP) is 2.97. The molecule has 4 rings (SSSR count). The number of likely N-dealkylation sites (N-methyl/N-ethyl adjacent to an activating group) is 1. The van der Waals surface area contributed by atoms with E-state index in [0.29, 0.717) is 12.0 Å². The minimum Gasteiger partial charge on any atom is -0.507 e. The molecule has 0 amide bonds. The van der Waals surface area contributed by atoms with E-state index in [1.807, 2.05) is 18.2 Å². The van der Waals surface area contributed by atoms with E-state index in [2.05, 4.69) is 32.4 Å². The van der Waals surface area contributed by atoms with Crippen molar-refractivity contribution in [2.75, 3.05) is 25.5 Å². The highest BCUT2D eigenvalue weighted by Gasteiger charge is 2.18. The standard InChI is InChI=1S/C17H19N5OS/c1-22-7-3-4-11(10-22)19-17-18-9-13(20-21-17)16-8-12-14(23)5-2-6-15(12)24-16/h2,5-6,8-9,11,23H,3-4,7,10H2,1H3,(H,18,19,21). The Morgan fingerprint density at radius 1 is 1.33 bits per heavy atom. The van der Waals surface area contributed by atoms with Crippen LogP contribution in [0.1, 0.15) is 12.8 Å². The lowest BCUT2D eigenvalue weighted by Gasteiger charge is -2.29. The van der Waals surface area contributed by atoms with Gasteiger partial charge in [0.25, 0.3) is 0 Å². The number of nitrogens with one attached hydrogen (secondary N) is 1. The molecule has 0 aliphatic carbocycles. The first-order chi connectivity index (χ1) is 11.7. The van der Waals surface area contributed by atoms with Crippen LogP contribution in [-0.4, -0.2) is 51.4 Å². The third-order valence-electron chi connectivity index (χ3n) is 4.31. The van der Waals surface area contributed by atoms with E-state index in [0.717, 1.165) is 40.2 Å². The van der Waals surface area contributed by atoms with E-state index < -0.39 is 0 Å². The molecule has 1 aliphatic heterocycles. The van der Waals surface area contributed by atoms with Gasteiger partial charge in [0.05, 0.1) is 11.1 Å². The summed E-state index contributed by atoms with van der Waals surface area (Å²) in [6.07, 6.45) is 4.06. The van der Waals surface area contributed by atoms with Crippen LogP contribution in [-0.2, 0) is 0 Å². The monoisotopic (exact) mass is 341 g/mol. The molecule has 24 heavy (non-hydrogen) atoms. The Labute approximate surface area is 144 Å². The van der Waals surface area contributed by atoms with Gasteiger partial charge in [-0.25, -0.2) is 4.98 Å². The van der Waals surface area contributed by atoms with Crippen molar-refractivity contribution in [3.63, 3.8) is 0 Å². The Kier molecular flexibility index (Phi) is 4.03. The van der Waals surface area contributed by atoms with Crippen molar-refractivity contribution in [1.82, 2.24) is 20.1 Å². The maximum Gasteiger partial charge on any atom is 0.242 e. The van der Waals surface area contributed by atoms with E-state index in [9.17, 15) is 5.11 Å². The van der Waals surface area contributed by atoms with Crippen LogP contribution in [0.5, 0.6) is 5.75 Å². The minimum absolute atomic E-state index is 0.288. The number of thiophene rings is 1. The number of piperidine rings is 1. The summed E-state index contributed by atoms with van der Waals surface area (Å²) in [6, 6.07) is 7.83. The number of fused-ring (bicyclic) bond motifs is 1. The van der Waals surface area contributed by atoms with Gasteiger partial charge >= 0.3 is 0 Å². The normalized spacial score (nSPS) is 18.8. The summed E-state index contributed by atoms with van der Waals surface area (Å²) in [6.45, 7) is 2.15. The summed E-state index contributed by atoms with van der Waals surface area (Å²) >= 11 is 1.58. The first-order valence-corrected chi connectivity index (χ1v) is 8.87. The van der Waals surface area contributed by atoms with Crippen molar-refractivity contribution >= 4 is 27.4 Å². The summed E-state index contributed by atoms with van der Waals surface area (Å²) in [4.78, 5) is 7.67. The molecular formula is C17H19N5OS. The summed E-state index contributed by atoms with van der Waals surface area (Å²) in [5, 5.41) is 22.6.